The van der Waals surface area contributed by atoms with E-state index in [2.05, 4.69) is 20.4 Å². The Morgan fingerprint density at radius 1 is 1.27 bits per heavy atom. The summed E-state index contributed by atoms with van der Waals surface area (Å²) < 4.78 is 1.44. The van der Waals surface area contributed by atoms with Gasteiger partial charge in [-0.05, 0) is 43.0 Å². The van der Waals surface area contributed by atoms with E-state index in [0.717, 1.165) is 4.88 Å². The molecule has 0 spiro atoms. The molecule has 9 heteroatoms. The Balaban J connectivity index is 1.80. The topological polar surface area (TPSA) is 92.7 Å². The molecule has 30 heavy (non-hydrogen) atoms. The Morgan fingerprint density at radius 3 is 2.77 bits per heavy atom. The summed E-state index contributed by atoms with van der Waals surface area (Å²) in [5.74, 6) is 0.273. The molecule has 0 radical (unpaired) electrons. The second kappa shape index (κ2) is 8.25. The number of thiophene rings is 1. The number of nitrogens with zero attached hydrogens (tertiary/aromatic N) is 3. The van der Waals surface area contributed by atoms with E-state index in [0.29, 0.717) is 39.8 Å². The molecule has 0 saturated carbocycles. The number of aryl methyl sites for hydroxylation is 1. The molecular weight excluding hydrogens is 422 g/mol. The molecule has 1 aromatic carbocycles. The molecule has 7 nitrogen and oxygen atoms in total. The van der Waals surface area contributed by atoms with Crippen LogP contribution in [0.15, 0.2) is 52.6 Å². The van der Waals surface area contributed by atoms with Crippen molar-refractivity contribution >= 4 is 34.7 Å². The third kappa shape index (κ3) is 3.92. The van der Waals surface area contributed by atoms with Gasteiger partial charge in [-0.1, -0.05) is 30.7 Å². The van der Waals surface area contributed by atoms with Gasteiger partial charge in [-0.3, -0.25) is 14.6 Å². The lowest BCUT2D eigenvalue weighted by molar-refractivity contribution is 0.102. The van der Waals surface area contributed by atoms with Gasteiger partial charge in [0.1, 0.15) is 11.5 Å². The van der Waals surface area contributed by atoms with Gasteiger partial charge >= 0.3 is 0 Å². The van der Waals surface area contributed by atoms with Crippen LogP contribution in [-0.2, 0) is 6.42 Å². The number of aromatic nitrogens is 4. The van der Waals surface area contributed by atoms with Gasteiger partial charge in [-0.25, -0.2) is 4.98 Å². The predicted molar refractivity (Wildman–Crippen MR) is 119 cm³/mol. The molecule has 0 aliphatic heterocycles. The number of rotatable bonds is 5. The highest BCUT2D eigenvalue weighted by Crippen LogP contribution is 2.27. The van der Waals surface area contributed by atoms with E-state index < -0.39 is 0 Å². The summed E-state index contributed by atoms with van der Waals surface area (Å²) >= 11 is 7.53. The molecule has 0 aliphatic rings. The SMILES string of the molecule is CCc1c(C)nc(-n2nc(-c3cccs3)cc2NC(=O)c2cccc(Cl)c2)[nH]c1=O. The second-order valence-electron chi connectivity index (χ2n) is 6.58. The molecule has 1 amide bonds. The number of hydrogen-bond donors (Lipinski definition) is 2. The number of nitrogens with one attached hydrogen (secondary N) is 2. The highest BCUT2D eigenvalue weighted by atomic mass is 35.5. The summed E-state index contributed by atoms with van der Waals surface area (Å²) in [6.45, 7) is 3.68. The summed E-state index contributed by atoms with van der Waals surface area (Å²) in [6.07, 6.45) is 0.576. The van der Waals surface area contributed by atoms with Crippen LogP contribution in [0.4, 0.5) is 5.82 Å². The zero-order valence-electron chi connectivity index (χ0n) is 16.3. The number of halogens is 1. The minimum atomic E-state index is -0.347. The zero-order chi connectivity index (χ0) is 21.3. The maximum absolute atomic E-state index is 12.8. The first kappa shape index (κ1) is 20.1. The van der Waals surface area contributed by atoms with E-state index >= 15 is 0 Å². The van der Waals surface area contributed by atoms with Crippen LogP contribution < -0.4 is 10.9 Å². The summed E-state index contributed by atoms with van der Waals surface area (Å²) in [5.41, 5.74) is 2.09. The average Bonchev–Trinajstić information content (AvgIpc) is 3.37. The highest BCUT2D eigenvalue weighted by Gasteiger charge is 2.18. The minimum Gasteiger partial charge on any atom is -0.306 e. The number of carbonyl (C=O) groups excluding carboxylic acids is 1. The molecule has 3 heterocycles. The molecule has 3 aromatic heterocycles. The van der Waals surface area contributed by atoms with Gasteiger partial charge in [0.2, 0.25) is 5.95 Å². The van der Waals surface area contributed by atoms with E-state index in [4.69, 9.17) is 11.6 Å². The van der Waals surface area contributed by atoms with Crippen molar-refractivity contribution in [3.8, 4) is 16.5 Å². The van der Waals surface area contributed by atoms with Crippen molar-refractivity contribution in [3.63, 3.8) is 0 Å². The van der Waals surface area contributed by atoms with Crippen molar-refractivity contribution in [2.75, 3.05) is 5.32 Å². The monoisotopic (exact) mass is 439 g/mol. The van der Waals surface area contributed by atoms with Gasteiger partial charge in [0.25, 0.3) is 11.5 Å². The Morgan fingerprint density at radius 2 is 2.10 bits per heavy atom. The van der Waals surface area contributed by atoms with Gasteiger partial charge in [0.15, 0.2) is 0 Å². The number of hydrogen-bond acceptors (Lipinski definition) is 5. The van der Waals surface area contributed by atoms with Crippen LogP contribution in [0.3, 0.4) is 0 Å². The molecular formula is C21H18ClN5O2S. The van der Waals surface area contributed by atoms with E-state index in [1.54, 1.807) is 37.3 Å². The summed E-state index contributed by atoms with van der Waals surface area (Å²) in [5, 5.41) is 9.83. The van der Waals surface area contributed by atoms with Gasteiger partial charge in [-0.15, -0.1) is 11.3 Å². The fourth-order valence-corrected chi connectivity index (χ4v) is 3.98. The van der Waals surface area contributed by atoms with E-state index in [-0.39, 0.29) is 17.4 Å². The maximum Gasteiger partial charge on any atom is 0.256 e. The Labute approximate surface area is 181 Å². The van der Waals surface area contributed by atoms with Crippen LogP contribution in [-0.4, -0.2) is 25.7 Å². The lowest BCUT2D eigenvalue weighted by atomic mass is 10.2. The Bertz CT molecular complexity index is 1280. The van der Waals surface area contributed by atoms with Crippen molar-refractivity contribution in [2.24, 2.45) is 0 Å². The molecule has 0 fully saturated rings. The molecule has 4 rings (SSSR count). The fraction of sp³-hybridized carbons (Fsp3) is 0.143. The van der Waals surface area contributed by atoms with Crippen LogP contribution in [0.2, 0.25) is 5.02 Å². The maximum atomic E-state index is 12.8. The number of H-pyrrole nitrogens is 1. The highest BCUT2D eigenvalue weighted by molar-refractivity contribution is 7.13. The largest absolute Gasteiger partial charge is 0.306 e. The molecule has 0 aliphatic carbocycles. The second-order valence-corrected chi connectivity index (χ2v) is 7.96. The normalized spacial score (nSPS) is 10.9. The number of anilines is 1. The molecule has 152 valence electrons. The summed E-state index contributed by atoms with van der Waals surface area (Å²) in [6, 6.07) is 12.3. The predicted octanol–water partition coefficient (Wildman–Crippen LogP) is 4.46. The first-order valence-electron chi connectivity index (χ1n) is 9.27. The van der Waals surface area contributed by atoms with Crippen molar-refractivity contribution in [2.45, 2.75) is 20.3 Å². The lowest BCUT2D eigenvalue weighted by Crippen LogP contribution is -2.22. The van der Waals surface area contributed by atoms with Crippen molar-refractivity contribution in [1.29, 1.82) is 0 Å². The third-order valence-corrected chi connectivity index (χ3v) is 5.70. The van der Waals surface area contributed by atoms with E-state index in [1.807, 2.05) is 24.4 Å². The van der Waals surface area contributed by atoms with Crippen LogP contribution in [0.1, 0.15) is 28.5 Å². The number of amides is 1. The zero-order valence-corrected chi connectivity index (χ0v) is 17.8. The number of aromatic amines is 1. The average molecular weight is 440 g/mol. The van der Waals surface area contributed by atoms with Crippen LogP contribution in [0.5, 0.6) is 0 Å². The van der Waals surface area contributed by atoms with Crippen LogP contribution >= 0.6 is 22.9 Å². The minimum absolute atomic E-state index is 0.222. The fourth-order valence-electron chi connectivity index (χ4n) is 3.11. The van der Waals surface area contributed by atoms with Gasteiger partial charge in [-0.2, -0.15) is 9.78 Å². The third-order valence-electron chi connectivity index (χ3n) is 4.58. The molecule has 0 atom stereocenters. The van der Waals surface area contributed by atoms with Crippen LogP contribution in [0, 0.1) is 6.92 Å². The molecule has 0 unspecified atom stereocenters. The number of carbonyl (C=O) groups is 1. The molecule has 4 aromatic rings. The van der Waals surface area contributed by atoms with Crippen molar-refractivity contribution in [3.05, 3.63) is 80.0 Å². The standard InChI is InChI=1S/C21H18ClN5O2S/c1-3-15-12(2)23-21(25-20(15)29)27-18(11-16(26-27)17-8-5-9-30-17)24-19(28)13-6-4-7-14(22)10-13/h4-11H,3H2,1-2H3,(H,24,28)(H,23,25,29). The quantitative estimate of drug-likeness (QED) is 0.480. The first-order chi connectivity index (χ1) is 14.5. The lowest BCUT2D eigenvalue weighted by Gasteiger charge is -2.10. The number of benzene rings is 1. The Kier molecular flexibility index (Phi) is 5.52. The smallest absolute Gasteiger partial charge is 0.256 e. The van der Waals surface area contributed by atoms with E-state index in [1.165, 1.54) is 16.0 Å². The van der Waals surface area contributed by atoms with E-state index in [9.17, 15) is 9.59 Å². The molecule has 0 bridgehead atoms. The van der Waals surface area contributed by atoms with Gasteiger partial charge < -0.3 is 5.32 Å². The summed E-state index contributed by atoms with van der Waals surface area (Å²) in [7, 11) is 0. The van der Waals surface area contributed by atoms with Gasteiger partial charge in [0, 0.05) is 27.9 Å². The summed E-state index contributed by atoms with van der Waals surface area (Å²) in [4.78, 5) is 33.4. The first-order valence-corrected chi connectivity index (χ1v) is 10.5. The van der Waals surface area contributed by atoms with Crippen LogP contribution in [0.25, 0.3) is 16.5 Å². The van der Waals surface area contributed by atoms with Gasteiger partial charge in [0.05, 0.1) is 4.88 Å². The Hall–Kier alpha value is -3.23. The van der Waals surface area contributed by atoms with Crippen molar-refractivity contribution < 1.29 is 4.79 Å². The van der Waals surface area contributed by atoms with Crippen molar-refractivity contribution in [1.82, 2.24) is 19.7 Å². The molecule has 0 saturated heterocycles. The molecule has 2 N–H and O–H groups in total.